The number of nitrogens with zero attached hydrogens (tertiary/aromatic N) is 1. The van der Waals surface area contributed by atoms with E-state index < -0.39 is 0 Å². The van der Waals surface area contributed by atoms with Gasteiger partial charge in [-0.2, -0.15) is 0 Å². The highest BCUT2D eigenvalue weighted by molar-refractivity contribution is 5.63. The van der Waals surface area contributed by atoms with Gasteiger partial charge in [-0.05, 0) is 42.8 Å². The maximum Gasteiger partial charge on any atom is 0.126 e. The smallest absolute Gasteiger partial charge is 0.126 e. The van der Waals surface area contributed by atoms with Crippen LogP contribution in [0.1, 0.15) is 11.1 Å². The first-order chi connectivity index (χ1) is 8.20. The van der Waals surface area contributed by atoms with Crippen molar-refractivity contribution in [1.29, 1.82) is 0 Å². The fraction of sp³-hybridized carbons (Fsp3) is 0.214. The largest absolute Gasteiger partial charge is 0.316 e. The number of aromatic nitrogens is 1. The number of halogens is 1. The van der Waals surface area contributed by atoms with Gasteiger partial charge in [-0.15, -0.1) is 0 Å². The van der Waals surface area contributed by atoms with Gasteiger partial charge < -0.3 is 5.32 Å². The lowest BCUT2D eigenvalue weighted by molar-refractivity contribution is 0.619. The van der Waals surface area contributed by atoms with Crippen LogP contribution in [-0.2, 0) is 6.54 Å². The van der Waals surface area contributed by atoms with Crippen molar-refractivity contribution in [3.8, 4) is 11.1 Å². The molecule has 17 heavy (non-hydrogen) atoms. The van der Waals surface area contributed by atoms with Crippen LogP contribution in [0.5, 0.6) is 0 Å². The number of hydrogen-bond acceptors (Lipinski definition) is 2. The highest BCUT2D eigenvalue weighted by Gasteiger charge is 2.03. The van der Waals surface area contributed by atoms with Crippen molar-refractivity contribution in [1.82, 2.24) is 10.3 Å². The molecule has 1 heterocycles. The molecule has 1 aromatic carbocycles. The normalized spacial score (nSPS) is 10.5. The van der Waals surface area contributed by atoms with Gasteiger partial charge in [0, 0.05) is 24.5 Å². The second-order valence-electron chi connectivity index (χ2n) is 4.08. The average molecular weight is 230 g/mol. The van der Waals surface area contributed by atoms with Crippen molar-refractivity contribution in [3.05, 3.63) is 53.6 Å². The van der Waals surface area contributed by atoms with Gasteiger partial charge in [0.1, 0.15) is 5.82 Å². The van der Waals surface area contributed by atoms with Gasteiger partial charge in [-0.25, -0.2) is 4.39 Å². The molecule has 0 saturated heterocycles. The van der Waals surface area contributed by atoms with Gasteiger partial charge in [0.25, 0.3) is 0 Å². The average Bonchev–Trinajstić information content (AvgIpc) is 2.33. The van der Waals surface area contributed by atoms with E-state index in [0.717, 1.165) is 23.2 Å². The summed E-state index contributed by atoms with van der Waals surface area (Å²) in [5, 5.41) is 3.07. The standard InChI is InChI=1S/C14H15FN2/c1-10-3-4-12(6-14(10)15)13-5-11(7-16-2)8-17-9-13/h3-6,8-9,16H,7H2,1-2H3. The van der Waals surface area contributed by atoms with Crippen molar-refractivity contribution in [3.63, 3.8) is 0 Å². The number of pyridine rings is 1. The van der Waals surface area contributed by atoms with Gasteiger partial charge in [0.15, 0.2) is 0 Å². The number of aryl methyl sites for hydroxylation is 1. The van der Waals surface area contributed by atoms with E-state index in [1.165, 1.54) is 0 Å². The Labute approximate surface area is 101 Å². The molecule has 0 saturated carbocycles. The van der Waals surface area contributed by atoms with E-state index in [-0.39, 0.29) is 5.82 Å². The molecule has 0 aliphatic rings. The van der Waals surface area contributed by atoms with E-state index in [1.807, 2.05) is 25.4 Å². The number of benzene rings is 1. The Bertz CT molecular complexity index is 523. The molecule has 2 aromatic rings. The maximum atomic E-state index is 13.5. The SMILES string of the molecule is CNCc1cncc(-c2ccc(C)c(F)c2)c1. The van der Waals surface area contributed by atoms with E-state index >= 15 is 0 Å². The first-order valence-corrected chi connectivity index (χ1v) is 5.56. The molecule has 3 heteroatoms. The van der Waals surface area contributed by atoms with Crippen LogP contribution in [0.3, 0.4) is 0 Å². The highest BCUT2D eigenvalue weighted by Crippen LogP contribution is 2.21. The second kappa shape index (κ2) is 5.06. The van der Waals surface area contributed by atoms with Crippen LogP contribution in [-0.4, -0.2) is 12.0 Å². The minimum Gasteiger partial charge on any atom is -0.316 e. The molecule has 0 aliphatic heterocycles. The van der Waals surface area contributed by atoms with Crippen molar-refractivity contribution in [2.24, 2.45) is 0 Å². The molecular formula is C14H15FN2. The lowest BCUT2D eigenvalue weighted by atomic mass is 10.0. The molecule has 2 nitrogen and oxygen atoms in total. The molecule has 0 unspecified atom stereocenters. The Kier molecular flexibility index (Phi) is 3.49. The molecule has 0 bridgehead atoms. The van der Waals surface area contributed by atoms with Gasteiger partial charge in [0.2, 0.25) is 0 Å². The van der Waals surface area contributed by atoms with E-state index in [0.29, 0.717) is 5.56 Å². The zero-order chi connectivity index (χ0) is 12.3. The third-order valence-electron chi connectivity index (χ3n) is 2.68. The fourth-order valence-electron chi connectivity index (χ4n) is 1.72. The predicted octanol–water partition coefficient (Wildman–Crippen LogP) is 2.92. The lowest BCUT2D eigenvalue weighted by Gasteiger charge is -2.05. The van der Waals surface area contributed by atoms with Crippen LogP contribution in [0.25, 0.3) is 11.1 Å². The number of hydrogen-bond donors (Lipinski definition) is 1. The van der Waals surface area contributed by atoms with E-state index in [4.69, 9.17) is 0 Å². The zero-order valence-electron chi connectivity index (χ0n) is 10.00. The summed E-state index contributed by atoms with van der Waals surface area (Å²) < 4.78 is 13.5. The molecule has 0 atom stereocenters. The van der Waals surface area contributed by atoms with Gasteiger partial charge >= 0.3 is 0 Å². The third kappa shape index (κ3) is 2.68. The Balaban J connectivity index is 2.38. The van der Waals surface area contributed by atoms with Crippen LogP contribution < -0.4 is 5.32 Å². The quantitative estimate of drug-likeness (QED) is 0.877. The van der Waals surface area contributed by atoms with Crippen LogP contribution in [0.2, 0.25) is 0 Å². The minimum atomic E-state index is -0.179. The molecule has 0 amide bonds. The summed E-state index contributed by atoms with van der Waals surface area (Å²) in [5.41, 5.74) is 3.55. The van der Waals surface area contributed by atoms with Crippen molar-refractivity contribution in [2.75, 3.05) is 7.05 Å². The molecule has 0 radical (unpaired) electrons. The Morgan fingerprint density at radius 1 is 1.18 bits per heavy atom. The Morgan fingerprint density at radius 2 is 2.00 bits per heavy atom. The van der Waals surface area contributed by atoms with Crippen LogP contribution in [0.15, 0.2) is 36.7 Å². The summed E-state index contributed by atoms with van der Waals surface area (Å²) in [6, 6.07) is 7.27. The number of rotatable bonds is 3. The molecule has 1 N–H and O–H groups in total. The van der Waals surface area contributed by atoms with Gasteiger partial charge in [-0.1, -0.05) is 12.1 Å². The summed E-state index contributed by atoms with van der Waals surface area (Å²) in [5.74, 6) is -0.179. The molecular weight excluding hydrogens is 215 g/mol. The molecule has 0 spiro atoms. The second-order valence-corrected chi connectivity index (χ2v) is 4.08. The van der Waals surface area contributed by atoms with Crippen molar-refractivity contribution in [2.45, 2.75) is 13.5 Å². The Hall–Kier alpha value is -1.74. The Morgan fingerprint density at radius 3 is 2.71 bits per heavy atom. The summed E-state index contributed by atoms with van der Waals surface area (Å²) in [6.07, 6.45) is 3.56. The van der Waals surface area contributed by atoms with Gasteiger partial charge in [0.05, 0.1) is 0 Å². The predicted molar refractivity (Wildman–Crippen MR) is 67.1 cm³/mol. The molecule has 88 valence electrons. The minimum absolute atomic E-state index is 0.179. The summed E-state index contributed by atoms with van der Waals surface area (Å²) in [6.45, 7) is 2.52. The zero-order valence-corrected chi connectivity index (χ0v) is 10.00. The molecule has 0 fully saturated rings. The first kappa shape index (κ1) is 11.7. The lowest BCUT2D eigenvalue weighted by Crippen LogP contribution is -2.05. The summed E-state index contributed by atoms with van der Waals surface area (Å²) in [7, 11) is 1.89. The topological polar surface area (TPSA) is 24.9 Å². The summed E-state index contributed by atoms with van der Waals surface area (Å²) >= 11 is 0. The monoisotopic (exact) mass is 230 g/mol. The number of nitrogens with one attached hydrogen (secondary N) is 1. The van der Waals surface area contributed by atoms with Crippen molar-refractivity contribution >= 4 is 0 Å². The van der Waals surface area contributed by atoms with Gasteiger partial charge in [-0.3, -0.25) is 4.98 Å². The van der Waals surface area contributed by atoms with Crippen LogP contribution in [0, 0.1) is 12.7 Å². The summed E-state index contributed by atoms with van der Waals surface area (Å²) in [4.78, 5) is 4.17. The van der Waals surface area contributed by atoms with Crippen LogP contribution >= 0.6 is 0 Å². The van der Waals surface area contributed by atoms with Crippen LogP contribution in [0.4, 0.5) is 4.39 Å². The van der Waals surface area contributed by atoms with E-state index in [9.17, 15) is 4.39 Å². The molecule has 0 aliphatic carbocycles. The van der Waals surface area contributed by atoms with E-state index in [1.54, 1.807) is 25.3 Å². The van der Waals surface area contributed by atoms with E-state index in [2.05, 4.69) is 10.3 Å². The molecule has 1 aromatic heterocycles. The maximum absolute atomic E-state index is 13.5. The highest BCUT2D eigenvalue weighted by atomic mass is 19.1. The molecule has 2 rings (SSSR count). The third-order valence-corrected chi connectivity index (χ3v) is 2.68. The fourth-order valence-corrected chi connectivity index (χ4v) is 1.72. The first-order valence-electron chi connectivity index (χ1n) is 5.56. The van der Waals surface area contributed by atoms with Crippen molar-refractivity contribution < 1.29 is 4.39 Å².